The predicted molar refractivity (Wildman–Crippen MR) is 114 cm³/mol. The van der Waals surface area contributed by atoms with E-state index >= 15 is 0 Å². The number of aromatic nitrogens is 1. The monoisotopic (exact) mass is 355 g/mol. The molecule has 0 aliphatic heterocycles. The molecule has 0 fully saturated rings. The molecule has 0 saturated heterocycles. The topological polar surface area (TPSA) is 12.9 Å². The Morgan fingerprint density at radius 3 is 1.54 bits per heavy atom. The van der Waals surface area contributed by atoms with Gasteiger partial charge >= 0.3 is 0 Å². The first-order valence-corrected chi connectivity index (χ1v) is 9.90. The van der Waals surface area contributed by atoms with E-state index in [1.165, 1.54) is 49.5 Å². The van der Waals surface area contributed by atoms with Crippen molar-refractivity contribution in [1.29, 1.82) is 0 Å². The van der Waals surface area contributed by atoms with Crippen LogP contribution in [0.5, 0.6) is 0 Å². The zero-order valence-corrected chi connectivity index (χ0v) is 15.3. The molecular weight excluding hydrogens is 338 g/mol. The summed E-state index contributed by atoms with van der Waals surface area (Å²) in [5.74, 6) is 0.575. The third-order valence-electron chi connectivity index (χ3n) is 6.67. The molecule has 0 saturated carbocycles. The van der Waals surface area contributed by atoms with Gasteiger partial charge in [-0.05, 0) is 44.8 Å². The normalized spacial score (nSPS) is 18.7. The van der Waals surface area contributed by atoms with Crippen LogP contribution in [0.1, 0.15) is 45.2 Å². The Morgan fingerprint density at radius 1 is 0.464 bits per heavy atom. The lowest BCUT2D eigenvalue weighted by molar-refractivity contribution is 0.767. The van der Waals surface area contributed by atoms with Gasteiger partial charge in [0, 0.05) is 28.8 Å². The molecule has 1 heteroatoms. The van der Waals surface area contributed by atoms with Crippen LogP contribution in [0.2, 0.25) is 0 Å². The zero-order chi connectivity index (χ0) is 18.2. The van der Waals surface area contributed by atoms with Crippen molar-refractivity contribution >= 4 is 21.7 Å². The maximum absolute atomic E-state index is 4.81. The van der Waals surface area contributed by atoms with E-state index < -0.39 is 0 Å². The Labute approximate surface area is 163 Å². The molecule has 0 atom stereocenters. The molecule has 0 unspecified atom stereocenters. The third-order valence-corrected chi connectivity index (χ3v) is 6.67. The van der Waals surface area contributed by atoms with Gasteiger partial charge in [-0.25, -0.2) is 0 Å². The number of fused-ring (bicyclic) bond motifs is 3. The highest BCUT2D eigenvalue weighted by Crippen LogP contribution is 2.58. The lowest BCUT2D eigenvalue weighted by atomic mass is 9.59. The molecule has 130 valence electrons. The predicted octanol–water partition coefficient (Wildman–Crippen LogP) is 6.38. The molecule has 0 radical (unpaired) electrons. The van der Waals surface area contributed by atoms with Crippen LogP contribution in [0.15, 0.2) is 91.1 Å². The lowest BCUT2D eigenvalue weighted by Gasteiger charge is -2.43. The molecule has 8 rings (SSSR count). The first kappa shape index (κ1) is 14.6. The van der Waals surface area contributed by atoms with Gasteiger partial charge in [0.25, 0.3) is 0 Å². The highest BCUT2D eigenvalue weighted by molar-refractivity contribution is 6.10. The van der Waals surface area contributed by atoms with Crippen molar-refractivity contribution in [1.82, 2.24) is 4.98 Å². The maximum atomic E-state index is 4.81. The van der Waals surface area contributed by atoms with Gasteiger partial charge in [0.15, 0.2) is 0 Å². The molecule has 3 aliphatic rings. The summed E-state index contributed by atoms with van der Waals surface area (Å²) in [6.07, 6.45) is 1.92. The van der Waals surface area contributed by atoms with Crippen LogP contribution in [-0.4, -0.2) is 4.98 Å². The summed E-state index contributed by atoms with van der Waals surface area (Å²) >= 11 is 0. The second kappa shape index (κ2) is 5.08. The molecule has 0 spiro atoms. The van der Waals surface area contributed by atoms with Gasteiger partial charge in [-0.3, -0.25) is 4.98 Å². The molecular formula is C27H17N. The smallest absolute Gasteiger partial charge is 0.0783 e. The summed E-state index contributed by atoms with van der Waals surface area (Å²) in [7, 11) is 0. The number of pyridine rings is 1. The number of benzene rings is 4. The second-order valence-electron chi connectivity index (χ2n) is 7.90. The summed E-state index contributed by atoms with van der Waals surface area (Å²) in [4.78, 5) is 4.81. The van der Waals surface area contributed by atoms with Crippen LogP contribution in [0, 0.1) is 0 Å². The van der Waals surface area contributed by atoms with Crippen LogP contribution in [0.25, 0.3) is 21.7 Å². The molecule has 0 N–H and O–H groups in total. The van der Waals surface area contributed by atoms with E-state index in [0.717, 1.165) is 5.52 Å². The van der Waals surface area contributed by atoms with Crippen molar-refractivity contribution < 1.29 is 0 Å². The largest absolute Gasteiger partial charge is 0.256 e. The summed E-state index contributed by atoms with van der Waals surface area (Å²) in [5.41, 5.74) is 9.92. The van der Waals surface area contributed by atoms with Gasteiger partial charge in [0.05, 0.1) is 5.52 Å². The highest BCUT2D eigenvalue weighted by Gasteiger charge is 2.42. The van der Waals surface area contributed by atoms with Gasteiger partial charge in [-0.15, -0.1) is 0 Å². The maximum Gasteiger partial charge on any atom is 0.0783 e. The molecule has 4 aromatic carbocycles. The van der Waals surface area contributed by atoms with Gasteiger partial charge in [-0.2, -0.15) is 0 Å². The SMILES string of the molecule is c1ccc2c(c1)C1c3ccccc3C2c2c1c1ccccc1c1ncccc21. The highest BCUT2D eigenvalue weighted by atomic mass is 14.7. The van der Waals surface area contributed by atoms with Crippen LogP contribution in [-0.2, 0) is 0 Å². The fourth-order valence-electron chi connectivity index (χ4n) is 5.70. The van der Waals surface area contributed by atoms with E-state index in [1.807, 2.05) is 6.20 Å². The number of nitrogens with zero attached hydrogens (tertiary/aromatic N) is 1. The molecule has 1 aromatic heterocycles. The van der Waals surface area contributed by atoms with Gasteiger partial charge in [0.2, 0.25) is 0 Å². The molecule has 3 aliphatic carbocycles. The fraction of sp³-hybridized carbons (Fsp3) is 0.0741. The van der Waals surface area contributed by atoms with Crippen molar-refractivity contribution in [3.8, 4) is 0 Å². The van der Waals surface area contributed by atoms with Crippen LogP contribution < -0.4 is 0 Å². The fourth-order valence-corrected chi connectivity index (χ4v) is 5.70. The van der Waals surface area contributed by atoms with Crippen molar-refractivity contribution in [3.63, 3.8) is 0 Å². The Balaban J connectivity index is 1.76. The Hall–Kier alpha value is -3.45. The minimum atomic E-state index is 0.281. The molecule has 1 nitrogen and oxygen atoms in total. The van der Waals surface area contributed by atoms with E-state index in [-0.39, 0.29) is 5.92 Å². The molecule has 2 bridgehead atoms. The summed E-state index contributed by atoms with van der Waals surface area (Å²) in [6.45, 7) is 0. The summed E-state index contributed by atoms with van der Waals surface area (Å²) < 4.78 is 0. The Bertz CT molecular complexity index is 1270. The first-order chi connectivity index (χ1) is 13.9. The Kier molecular flexibility index (Phi) is 2.65. The van der Waals surface area contributed by atoms with Crippen LogP contribution in [0.3, 0.4) is 0 Å². The van der Waals surface area contributed by atoms with Gasteiger partial charge in [-0.1, -0.05) is 78.9 Å². The van der Waals surface area contributed by atoms with E-state index in [9.17, 15) is 0 Å². The van der Waals surface area contributed by atoms with Crippen molar-refractivity contribution in [3.05, 3.63) is 125 Å². The van der Waals surface area contributed by atoms with E-state index in [0.29, 0.717) is 5.92 Å². The summed E-state index contributed by atoms with van der Waals surface area (Å²) in [5, 5.41) is 3.91. The van der Waals surface area contributed by atoms with Crippen molar-refractivity contribution in [2.24, 2.45) is 0 Å². The minimum absolute atomic E-state index is 0.281. The van der Waals surface area contributed by atoms with Crippen LogP contribution >= 0.6 is 0 Å². The van der Waals surface area contributed by atoms with E-state index in [2.05, 4.69) is 84.9 Å². The average molecular weight is 355 g/mol. The second-order valence-corrected chi connectivity index (χ2v) is 7.90. The van der Waals surface area contributed by atoms with Gasteiger partial charge in [0.1, 0.15) is 0 Å². The number of hydrogen-bond donors (Lipinski definition) is 0. The third kappa shape index (κ3) is 1.61. The first-order valence-electron chi connectivity index (χ1n) is 9.90. The number of rotatable bonds is 0. The molecule has 1 heterocycles. The molecule has 0 amide bonds. The van der Waals surface area contributed by atoms with E-state index in [4.69, 9.17) is 4.98 Å². The quantitative estimate of drug-likeness (QED) is 0.288. The van der Waals surface area contributed by atoms with Crippen LogP contribution in [0.4, 0.5) is 0 Å². The van der Waals surface area contributed by atoms with Gasteiger partial charge < -0.3 is 0 Å². The van der Waals surface area contributed by atoms with Crippen molar-refractivity contribution in [2.45, 2.75) is 11.8 Å². The standard InChI is InChI=1S/C27H17N/c1-3-10-18-16(8-1)23-17-9-2-4-11-19(17)24(18)26-22-14-7-15-28-27(22)21-13-6-5-12-20(21)25(23)26/h1-15,23-24H. The lowest BCUT2D eigenvalue weighted by Crippen LogP contribution is -2.28. The minimum Gasteiger partial charge on any atom is -0.256 e. The molecule has 5 aromatic rings. The summed E-state index contributed by atoms with van der Waals surface area (Å²) in [6, 6.07) is 31.2. The Morgan fingerprint density at radius 2 is 0.929 bits per heavy atom. The zero-order valence-electron chi connectivity index (χ0n) is 15.3. The van der Waals surface area contributed by atoms with Crippen molar-refractivity contribution in [2.75, 3.05) is 0 Å². The molecule has 28 heavy (non-hydrogen) atoms. The van der Waals surface area contributed by atoms with E-state index in [1.54, 1.807) is 0 Å². The number of hydrogen-bond acceptors (Lipinski definition) is 1. The average Bonchev–Trinajstić information content (AvgIpc) is 2.79.